The van der Waals surface area contributed by atoms with Gasteiger partial charge in [-0.2, -0.15) is 0 Å². The Morgan fingerprint density at radius 1 is 1.36 bits per heavy atom. The Hall–Kier alpha value is -2.60. The third kappa shape index (κ3) is 3.30. The number of hydrogen-bond acceptors (Lipinski definition) is 2. The highest BCUT2D eigenvalue weighted by Gasteiger charge is 2.33. The number of benzene rings is 2. The zero-order valence-electron chi connectivity index (χ0n) is 13.6. The molecule has 0 bridgehead atoms. The van der Waals surface area contributed by atoms with Crippen LogP contribution in [0.5, 0.6) is 0 Å². The lowest BCUT2D eigenvalue weighted by molar-refractivity contribution is -0.120. The normalized spacial score (nSPS) is 16.5. The molecule has 3 N–H and O–H groups in total. The van der Waals surface area contributed by atoms with Gasteiger partial charge < -0.3 is 16.0 Å². The van der Waals surface area contributed by atoms with E-state index in [9.17, 15) is 14.0 Å². The first-order valence-electron chi connectivity index (χ1n) is 7.75. The molecule has 0 aliphatic carbocycles. The van der Waals surface area contributed by atoms with Gasteiger partial charge in [0.05, 0.1) is 5.69 Å². The first-order valence-corrected chi connectivity index (χ1v) is 8.13. The molecule has 25 heavy (non-hydrogen) atoms. The van der Waals surface area contributed by atoms with E-state index in [0.717, 1.165) is 11.1 Å². The third-order valence-electron chi connectivity index (χ3n) is 4.34. The molecule has 2 aromatic carbocycles. The number of carbonyl (C=O) groups excluding carboxylic acids is 2. The van der Waals surface area contributed by atoms with E-state index in [1.165, 1.54) is 11.0 Å². The molecule has 1 aliphatic heterocycles. The van der Waals surface area contributed by atoms with Crippen molar-refractivity contribution in [1.29, 1.82) is 0 Å². The fraction of sp³-hybridized carbons (Fsp3) is 0.222. The molecule has 0 spiro atoms. The molecule has 1 heterocycles. The Balaban J connectivity index is 2.04. The van der Waals surface area contributed by atoms with E-state index in [1.54, 1.807) is 25.2 Å². The van der Waals surface area contributed by atoms with Gasteiger partial charge in [-0.05, 0) is 23.3 Å². The fourth-order valence-corrected chi connectivity index (χ4v) is 3.38. The van der Waals surface area contributed by atoms with Crippen LogP contribution in [0.3, 0.4) is 0 Å². The van der Waals surface area contributed by atoms with E-state index < -0.39 is 17.9 Å². The summed E-state index contributed by atoms with van der Waals surface area (Å²) in [5.74, 6) is -0.739. The summed E-state index contributed by atoms with van der Waals surface area (Å²) in [6.07, 6.45) is 0.525. The number of primary amides is 1. The van der Waals surface area contributed by atoms with E-state index in [2.05, 4.69) is 5.32 Å². The zero-order chi connectivity index (χ0) is 18.1. The molecule has 0 saturated heterocycles. The van der Waals surface area contributed by atoms with Gasteiger partial charge in [-0.15, -0.1) is 0 Å². The minimum absolute atomic E-state index is 0.261. The molecule has 1 aliphatic rings. The summed E-state index contributed by atoms with van der Waals surface area (Å²) in [6.45, 7) is 0. The van der Waals surface area contributed by atoms with Gasteiger partial charge in [0.1, 0.15) is 11.9 Å². The molecule has 0 saturated carbocycles. The zero-order valence-corrected chi connectivity index (χ0v) is 14.3. The lowest BCUT2D eigenvalue weighted by Gasteiger charge is -2.33. The topological polar surface area (TPSA) is 75.4 Å². The van der Waals surface area contributed by atoms with Crippen molar-refractivity contribution in [2.45, 2.75) is 18.9 Å². The maximum absolute atomic E-state index is 14.5. The standard InChI is InChI=1S/C18H17ClFN3O2/c1-23-16-11(9-15(17(23)24)22-18(21)25)6-7-14(20)12(16)8-10-4-2-3-5-13(10)19/h2-7,15H,8-9H2,1H3,(H3,21,22,25)/t15-/m1/s1. The van der Waals surface area contributed by atoms with Gasteiger partial charge in [0, 0.05) is 30.5 Å². The maximum atomic E-state index is 14.5. The van der Waals surface area contributed by atoms with Crippen molar-refractivity contribution in [3.05, 3.63) is 63.9 Å². The summed E-state index contributed by atoms with van der Waals surface area (Å²) < 4.78 is 14.5. The third-order valence-corrected chi connectivity index (χ3v) is 4.71. The van der Waals surface area contributed by atoms with E-state index in [1.807, 2.05) is 12.1 Å². The number of halogens is 2. The number of nitrogens with zero attached hydrogens (tertiary/aromatic N) is 1. The lowest BCUT2D eigenvalue weighted by atomic mass is 9.91. The number of anilines is 1. The molecule has 0 aromatic heterocycles. The Labute approximate surface area is 149 Å². The number of nitrogens with two attached hydrogens (primary N) is 1. The molecular formula is C18H17ClFN3O2. The number of hydrogen-bond donors (Lipinski definition) is 2. The highest BCUT2D eigenvalue weighted by molar-refractivity contribution is 6.31. The van der Waals surface area contributed by atoms with Gasteiger partial charge in [-0.1, -0.05) is 35.9 Å². The first-order chi connectivity index (χ1) is 11.9. The number of fused-ring (bicyclic) bond motifs is 1. The molecule has 1 atom stereocenters. The number of urea groups is 1. The van der Waals surface area contributed by atoms with Gasteiger partial charge >= 0.3 is 6.03 Å². The van der Waals surface area contributed by atoms with Crippen LogP contribution in [-0.4, -0.2) is 25.0 Å². The predicted molar refractivity (Wildman–Crippen MR) is 94.3 cm³/mol. The smallest absolute Gasteiger partial charge is 0.312 e. The molecule has 5 nitrogen and oxygen atoms in total. The summed E-state index contributed by atoms with van der Waals surface area (Å²) in [4.78, 5) is 25.0. The second-order valence-electron chi connectivity index (χ2n) is 5.96. The second-order valence-corrected chi connectivity index (χ2v) is 6.37. The molecule has 7 heteroatoms. The summed E-state index contributed by atoms with van der Waals surface area (Å²) in [7, 11) is 1.56. The molecule has 0 unspecified atom stereocenters. The molecule has 3 rings (SSSR count). The van der Waals surface area contributed by atoms with Crippen LogP contribution in [0.25, 0.3) is 0 Å². The molecule has 130 valence electrons. The average Bonchev–Trinajstić information content (AvgIpc) is 2.56. The van der Waals surface area contributed by atoms with Gasteiger partial charge in [-0.3, -0.25) is 4.79 Å². The number of amides is 3. The minimum Gasteiger partial charge on any atom is -0.352 e. The van der Waals surface area contributed by atoms with Crippen LogP contribution in [0.15, 0.2) is 36.4 Å². The highest BCUT2D eigenvalue weighted by atomic mass is 35.5. The van der Waals surface area contributed by atoms with Crippen LogP contribution < -0.4 is 16.0 Å². The molecule has 2 aromatic rings. The largest absolute Gasteiger partial charge is 0.352 e. The minimum atomic E-state index is -0.770. The Bertz CT molecular complexity index is 856. The van der Waals surface area contributed by atoms with Crippen molar-refractivity contribution in [3.8, 4) is 0 Å². The molecule has 0 fully saturated rings. The van der Waals surface area contributed by atoms with E-state index in [4.69, 9.17) is 17.3 Å². The van der Waals surface area contributed by atoms with Gasteiger partial charge in [0.15, 0.2) is 0 Å². The van der Waals surface area contributed by atoms with Crippen LogP contribution in [0.1, 0.15) is 16.7 Å². The Morgan fingerprint density at radius 3 is 2.76 bits per heavy atom. The quantitative estimate of drug-likeness (QED) is 0.881. The van der Waals surface area contributed by atoms with Crippen molar-refractivity contribution in [1.82, 2.24) is 5.32 Å². The Kier molecular flexibility index (Phi) is 4.63. The Morgan fingerprint density at radius 2 is 2.08 bits per heavy atom. The summed E-state index contributed by atoms with van der Waals surface area (Å²) in [5, 5.41) is 2.97. The summed E-state index contributed by atoms with van der Waals surface area (Å²) in [5.41, 5.74) is 7.59. The van der Waals surface area contributed by atoms with Crippen molar-refractivity contribution >= 4 is 29.2 Å². The highest BCUT2D eigenvalue weighted by Crippen LogP contribution is 2.35. The fourth-order valence-electron chi connectivity index (χ4n) is 3.18. The van der Waals surface area contributed by atoms with Crippen LogP contribution >= 0.6 is 11.6 Å². The summed E-state index contributed by atoms with van der Waals surface area (Å²) in [6, 6.07) is 8.67. The summed E-state index contributed by atoms with van der Waals surface area (Å²) >= 11 is 6.19. The lowest BCUT2D eigenvalue weighted by Crippen LogP contribution is -2.53. The van der Waals surface area contributed by atoms with E-state index in [0.29, 0.717) is 16.3 Å². The van der Waals surface area contributed by atoms with Gasteiger partial charge in [0.25, 0.3) is 0 Å². The number of likely N-dealkylation sites (N-methyl/N-ethyl adjacent to an activating group) is 1. The first kappa shape index (κ1) is 17.2. The second kappa shape index (κ2) is 6.72. The number of carbonyl (C=O) groups is 2. The monoisotopic (exact) mass is 361 g/mol. The predicted octanol–water partition coefficient (Wildman–Crippen LogP) is 2.63. The number of nitrogens with one attached hydrogen (secondary N) is 1. The SMILES string of the molecule is CN1C(=O)[C@H](NC(N)=O)Cc2ccc(F)c(Cc3ccccc3Cl)c21. The van der Waals surface area contributed by atoms with Crippen molar-refractivity contribution < 1.29 is 14.0 Å². The van der Waals surface area contributed by atoms with Crippen LogP contribution in [0.4, 0.5) is 14.9 Å². The molecule has 3 amide bonds. The van der Waals surface area contributed by atoms with Gasteiger partial charge in [-0.25, -0.2) is 9.18 Å². The average molecular weight is 362 g/mol. The van der Waals surface area contributed by atoms with Crippen molar-refractivity contribution in [2.24, 2.45) is 5.73 Å². The van der Waals surface area contributed by atoms with Crippen molar-refractivity contribution in [3.63, 3.8) is 0 Å². The van der Waals surface area contributed by atoms with Gasteiger partial charge in [0.2, 0.25) is 5.91 Å². The van der Waals surface area contributed by atoms with Crippen LogP contribution in [0, 0.1) is 5.82 Å². The van der Waals surface area contributed by atoms with Crippen LogP contribution in [-0.2, 0) is 17.6 Å². The van der Waals surface area contributed by atoms with Crippen molar-refractivity contribution in [2.75, 3.05) is 11.9 Å². The maximum Gasteiger partial charge on any atom is 0.312 e. The number of rotatable bonds is 3. The molecular weight excluding hydrogens is 345 g/mol. The van der Waals surface area contributed by atoms with E-state index >= 15 is 0 Å². The van der Waals surface area contributed by atoms with Crippen LogP contribution in [0.2, 0.25) is 5.02 Å². The molecule has 0 radical (unpaired) electrons. The van der Waals surface area contributed by atoms with E-state index in [-0.39, 0.29) is 18.7 Å².